The predicted octanol–water partition coefficient (Wildman–Crippen LogP) is 2.77. The Morgan fingerprint density at radius 2 is 2.12 bits per heavy atom. The molecule has 0 amide bonds. The Balaban J connectivity index is 1.48. The van der Waals surface area contributed by atoms with Crippen molar-refractivity contribution in [2.75, 3.05) is 19.6 Å². The molecule has 1 aromatic rings. The second-order valence-corrected chi connectivity index (χ2v) is 6.37. The monoisotopic (exact) mass is 339 g/mol. The minimum atomic E-state index is -0.157. The van der Waals surface area contributed by atoms with Gasteiger partial charge < -0.3 is 9.88 Å². The Kier molecular flexibility index (Phi) is 5.97. The number of rotatable bonds is 3. The van der Waals surface area contributed by atoms with Crippen LogP contribution in [-0.4, -0.2) is 34.5 Å². The normalized spacial score (nSPS) is 18.8. The van der Waals surface area contributed by atoms with Gasteiger partial charge in [0.25, 0.3) is 5.56 Å². The van der Waals surface area contributed by atoms with Crippen LogP contribution in [0.1, 0.15) is 25.0 Å². The molecule has 0 radical (unpaired) electrons. The number of H-pyrrole nitrogens is 1. The highest BCUT2D eigenvalue weighted by molar-refractivity contribution is 5.43. The Labute approximate surface area is 147 Å². The van der Waals surface area contributed by atoms with Gasteiger partial charge in [-0.1, -0.05) is 30.1 Å². The number of likely N-dealkylation sites (tertiary alicyclic amines) is 1. The summed E-state index contributed by atoms with van der Waals surface area (Å²) in [4.78, 5) is 20.3. The van der Waals surface area contributed by atoms with Crippen molar-refractivity contribution < 1.29 is 4.39 Å². The summed E-state index contributed by atoms with van der Waals surface area (Å²) in [6.07, 6.45) is 13.3. The average molecular weight is 339 g/mol. The van der Waals surface area contributed by atoms with E-state index in [9.17, 15) is 9.18 Å². The van der Waals surface area contributed by atoms with Crippen molar-refractivity contribution in [2.45, 2.75) is 25.7 Å². The quantitative estimate of drug-likeness (QED) is 0.862. The lowest BCUT2D eigenvalue weighted by Gasteiger charge is -2.29. The van der Waals surface area contributed by atoms with Crippen LogP contribution in [0.3, 0.4) is 0 Å². The van der Waals surface area contributed by atoms with Crippen molar-refractivity contribution in [3.63, 3.8) is 0 Å². The largest absolute Gasteiger partial charge is 0.323 e. The number of halogens is 1. The molecule has 0 atom stereocenters. The van der Waals surface area contributed by atoms with Crippen LogP contribution in [0, 0.1) is 17.8 Å². The van der Waals surface area contributed by atoms with Gasteiger partial charge in [-0.25, -0.2) is 4.39 Å². The molecule has 1 aliphatic heterocycles. The van der Waals surface area contributed by atoms with Crippen molar-refractivity contribution >= 4 is 0 Å². The molecule has 0 bridgehead atoms. The fraction of sp³-hybridized carbons (Fsp3) is 0.400. The fourth-order valence-corrected chi connectivity index (χ4v) is 3.02. The van der Waals surface area contributed by atoms with E-state index in [2.05, 4.69) is 26.7 Å². The Bertz CT molecular complexity index is 802. The number of piperidine rings is 1. The van der Waals surface area contributed by atoms with E-state index in [1.54, 1.807) is 18.3 Å². The van der Waals surface area contributed by atoms with Crippen LogP contribution in [-0.2, 0) is 6.42 Å². The summed E-state index contributed by atoms with van der Waals surface area (Å²) in [5.74, 6) is 6.43. The predicted molar refractivity (Wildman–Crippen MR) is 96.5 cm³/mol. The fourth-order valence-electron chi connectivity index (χ4n) is 3.02. The molecule has 4 nitrogen and oxygen atoms in total. The first-order valence-electron chi connectivity index (χ1n) is 8.69. The molecule has 0 spiro atoms. The number of nitrogens with zero attached hydrogens (tertiary/aromatic N) is 2. The van der Waals surface area contributed by atoms with Gasteiger partial charge in [0, 0.05) is 37.2 Å². The van der Waals surface area contributed by atoms with Crippen LogP contribution in [0.2, 0.25) is 0 Å². The van der Waals surface area contributed by atoms with E-state index in [-0.39, 0.29) is 11.4 Å². The lowest BCUT2D eigenvalue weighted by molar-refractivity contribution is 0.208. The van der Waals surface area contributed by atoms with E-state index in [1.165, 1.54) is 6.20 Å². The van der Waals surface area contributed by atoms with Gasteiger partial charge >= 0.3 is 0 Å². The van der Waals surface area contributed by atoms with Crippen molar-refractivity contribution in [1.82, 2.24) is 14.9 Å². The molecule has 5 heteroatoms. The second kappa shape index (κ2) is 8.59. The lowest BCUT2D eigenvalue weighted by atomic mass is 9.96. The molecule has 130 valence electrons. The van der Waals surface area contributed by atoms with Crippen LogP contribution in [0.25, 0.3) is 0 Å². The third-order valence-corrected chi connectivity index (χ3v) is 4.50. The highest BCUT2D eigenvalue weighted by Gasteiger charge is 2.17. The molecular weight excluding hydrogens is 317 g/mol. The zero-order valence-electron chi connectivity index (χ0n) is 14.2. The van der Waals surface area contributed by atoms with Crippen LogP contribution in [0.4, 0.5) is 4.39 Å². The summed E-state index contributed by atoms with van der Waals surface area (Å²) < 4.78 is 13.9. The highest BCUT2D eigenvalue weighted by atomic mass is 19.1. The molecule has 1 saturated heterocycles. The van der Waals surface area contributed by atoms with Crippen molar-refractivity contribution in [3.05, 3.63) is 64.1 Å². The van der Waals surface area contributed by atoms with E-state index in [1.807, 2.05) is 12.2 Å². The van der Waals surface area contributed by atoms with Crippen molar-refractivity contribution in [1.29, 1.82) is 0 Å². The molecule has 3 rings (SSSR count). The molecule has 0 aromatic carbocycles. The molecular formula is C20H22FN3O. The van der Waals surface area contributed by atoms with Crippen molar-refractivity contribution in [2.24, 2.45) is 5.92 Å². The highest BCUT2D eigenvalue weighted by Crippen LogP contribution is 2.19. The minimum Gasteiger partial charge on any atom is -0.323 e. The molecule has 2 aliphatic rings. The van der Waals surface area contributed by atoms with Gasteiger partial charge in [-0.05, 0) is 32.0 Å². The maximum Gasteiger partial charge on any atom is 0.266 e. The van der Waals surface area contributed by atoms with Gasteiger partial charge in [-0.3, -0.25) is 9.78 Å². The van der Waals surface area contributed by atoms with Gasteiger partial charge in [0.15, 0.2) is 0 Å². The third-order valence-electron chi connectivity index (χ3n) is 4.50. The first-order valence-corrected chi connectivity index (χ1v) is 8.69. The number of aromatic amines is 1. The molecule has 0 unspecified atom stereocenters. The van der Waals surface area contributed by atoms with Gasteiger partial charge in [0.1, 0.15) is 5.83 Å². The summed E-state index contributed by atoms with van der Waals surface area (Å²) in [5, 5.41) is 0. The number of hydrogen-bond acceptors (Lipinski definition) is 3. The second-order valence-electron chi connectivity index (χ2n) is 6.37. The molecule has 25 heavy (non-hydrogen) atoms. The summed E-state index contributed by atoms with van der Waals surface area (Å²) >= 11 is 0. The van der Waals surface area contributed by atoms with E-state index < -0.39 is 0 Å². The van der Waals surface area contributed by atoms with E-state index in [0.29, 0.717) is 17.9 Å². The molecule has 0 saturated carbocycles. The maximum atomic E-state index is 13.9. The Morgan fingerprint density at radius 1 is 1.28 bits per heavy atom. The molecule has 1 aromatic heterocycles. The maximum absolute atomic E-state index is 13.9. The molecule has 1 N–H and O–H groups in total. The van der Waals surface area contributed by atoms with Crippen LogP contribution in [0.15, 0.2) is 52.9 Å². The summed E-state index contributed by atoms with van der Waals surface area (Å²) in [5.41, 5.74) is 1.22. The summed E-state index contributed by atoms with van der Waals surface area (Å²) in [6, 6.07) is 0. The lowest BCUT2D eigenvalue weighted by Crippen LogP contribution is -2.35. The van der Waals surface area contributed by atoms with E-state index >= 15 is 0 Å². The first-order chi connectivity index (χ1) is 12.2. The van der Waals surface area contributed by atoms with Crippen LogP contribution < -0.4 is 5.56 Å². The molecule has 1 fully saturated rings. The summed E-state index contributed by atoms with van der Waals surface area (Å²) in [6.45, 7) is 2.85. The topological polar surface area (TPSA) is 49.0 Å². The average Bonchev–Trinajstić information content (AvgIpc) is 2.83. The zero-order chi connectivity index (χ0) is 17.5. The van der Waals surface area contributed by atoms with Gasteiger partial charge in [-0.2, -0.15) is 0 Å². The van der Waals surface area contributed by atoms with Gasteiger partial charge in [-0.15, -0.1) is 0 Å². The van der Waals surface area contributed by atoms with Crippen LogP contribution >= 0.6 is 0 Å². The Morgan fingerprint density at radius 3 is 2.92 bits per heavy atom. The molecule has 1 aliphatic carbocycles. The SMILES string of the molecule is O=c1cncc(CCN2CCC(C#CC3=C(F)CC=CC=C3)CC2)[nH]1. The number of nitrogens with one attached hydrogen (secondary N) is 1. The smallest absolute Gasteiger partial charge is 0.266 e. The van der Waals surface area contributed by atoms with Crippen molar-refractivity contribution in [3.8, 4) is 11.8 Å². The Hall–Kier alpha value is -2.45. The standard InChI is InChI=1S/C20H22FN3O/c21-19-5-3-1-2-4-17(19)7-6-16-8-11-24(12-9-16)13-10-18-14-22-15-20(25)23-18/h1-4,14-16H,5,8-13H2,(H,23,25). The third kappa shape index (κ3) is 5.27. The van der Waals surface area contributed by atoms with E-state index in [0.717, 1.165) is 44.6 Å². The number of allylic oxidation sites excluding steroid dienone is 6. The number of aromatic nitrogens is 2. The minimum absolute atomic E-state index is 0.152. The van der Waals surface area contributed by atoms with Crippen LogP contribution in [0.5, 0.6) is 0 Å². The first kappa shape index (κ1) is 17.4. The van der Waals surface area contributed by atoms with Gasteiger partial charge in [0.05, 0.1) is 11.8 Å². The number of hydrogen-bond donors (Lipinski definition) is 1. The summed E-state index contributed by atoms with van der Waals surface area (Å²) in [7, 11) is 0. The van der Waals surface area contributed by atoms with Gasteiger partial charge in [0.2, 0.25) is 0 Å². The zero-order valence-corrected chi connectivity index (χ0v) is 14.2. The van der Waals surface area contributed by atoms with E-state index in [4.69, 9.17) is 0 Å². The molecule has 2 heterocycles.